The molecule has 4 N–H and O–H groups in total. The lowest BCUT2D eigenvalue weighted by molar-refractivity contribution is -0.161. The molecular weight excluding hydrogens is 247 g/mol. The van der Waals surface area contributed by atoms with E-state index in [2.05, 4.69) is 0 Å². The van der Waals surface area contributed by atoms with Crippen LogP contribution in [0.3, 0.4) is 0 Å². The van der Waals surface area contributed by atoms with E-state index in [0.29, 0.717) is 25.9 Å². The van der Waals surface area contributed by atoms with Crippen LogP contribution in [0.5, 0.6) is 0 Å². The van der Waals surface area contributed by atoms with Crippen molar-refractivity contribution < 1.29 is 18.3 Å². The molecule has 0 saturated carbocycles. The van der Waals surface area contributed by atoms with Crippen LogP contribution in [0.4, 0.5) is 13.2 Å². The smallest absolute Gasteiger partial charge is 0.393 e. The number of hydrogen-bond donors (Lipinski definition) is 3. The lowest BCUT2D eigenvalue weighted by Gasteiger charge is -2.35. The number of alkyl halides is 3. The minimum atomic E-state index is -4.47. The first kappa shape index (κ1) is 15.2. The van der Waals surface area contributed by atoms with Gasteiger partial charge in [-0.3, -0.25) is 5.41 Å². The third-order valence-electron chi connectivity index (χ3n) is 3.53. The van der Waals surface area contributed by atoms with Gasteiger partial charge in [0, 0.05) is 6.54 Å². The van der Waals surface area contributed by atoms with Gasteiger partial charge in [0.05, 0.1) is 6.10 Å². The van der Waals surface area contributed by atoms with E-state index in [1.165, 1.54) is 0 Å². The molecule has 2 unspecified atom stereocenters. The average molecular weight is 267 g/mol. The van der Waals surface area contributed by atoms with E-state index in [1.54, 1.807) is 11.8 Å². The zero-order valence-electron chi connectivity index (χ0n) is 10.4. The van der Waals surface area contributed by atoms with E-state index >= 15 is 0 Å². The quantitative estimate of drug-likeness (QED) is 0.529. The van der Waals surface area contributed by atoms with Gasteiger partial charge in [-0.1, -0.05) is 0 Å². The fourth-order valence-corrected chi connectivity index (χ4v) is 2.25. The highest BCUT2D eigenvalue weighted by molar-refractivity contribution is 5.80. The summed E-state index contributed by atoms with van der Waals surface area (Å²) < 4.78 is 37.9. The van der Waals surface area contributed by atoms with Gasteiger partial charge in [-0.05, 0) is 38.8 Å². The van der Waals surface area contributed by atoms with Crippen molar-refractivity contribution in [3.8, 4) is 0 Å². The normalized spacial score (nSPS) is 22.7. The third-order valence-corrected chi connectivity index (χ3v) is 3.53. The summed E-state index contributed by atoms with van der Waals surface area (Å²) >= 11 is 0. The molecule has 0 amide bonds. The van der Waals surface area contributed by atoms with Gasteiger partial charge < -0.3 is 15.7 Å². The van der Waals surface area contributed by atoms with E-state index in [4.69, 9.17) is 11.1 Å². The predicted octanol–water partition coefficient (Wildman–Crippen LogP) is 1.19. The summed E-state index contributed by atoms with van der Waals surface area (Å²) in [6.45, 7) is 2.46. The Morgan fingerprint density at radius 3 is 2.28 bits per heavy atom. The van der Waals surface area contributed by atoms with E-state index in [0.717, 1.165) is 0 Å². The molecule has 4 nitrogen and oxygen atoms in total. The van der Waals surface area contributed by atoms with Gasteiger partial charge in [-0.25, -0.2) is 0 Å². The molecule has 1 heterocycles. The van der Waals surface area contributed by atoms with Crippen molar-refractivity contribution in [1.82, 2.24) is 4.90 Å². The largest absolute Gasteiger partial charge is 0.399 e. The predicted molar refractivity (Wildman–Crippen MR) is 62.3 cm³/mol. The van der Waals surface area contributed by atoms with E-state index in [-0.39, 0.29) is 12.5 Å². The van der Waals surface area contributed by atoms with Gasteiger partial charge in [-0.2, -0.15) is 13.2 Å². The van der Waals surface area contributed by atoms with Crippen molar-refractivity contribution in [1.29, 1.82) is 5.41 Å². The summed E-state index contributed by atoms with van der Waals surface area (Å²) in [6, 6.07) is 0. The van der Waals surface area contributed by atoms with Gasteiger partial charge in [-0.15, -0.1) is 0 Å². The molecule has 106 valence electrons. The Bertz CT molecular complexity index is 286. The zero-order valence-corrected chi connectivity index (χ0v) is 10.4. The van der Waals surface area contributed by atoms with Crippen molar-refractivity contribution in [2.24, 2.45) is 17.6 Å². The molecule has 1 saturated heterocycles. The standard InChI is InChI=1S/C11H20F3N3O/c1-7(18)8-2-4-17(5-3-8)6-9(10(15)16)11(12,13)14/h7-9,18H,2-6H2,1H3,(H3,15,16). The first-order valence-corrected chi connectivity index (χ1v) is 6.03. The van der Waals surface area contributed by atoms with Gasteiger partial charge >= 0.3 is 6.18 Å². The van der Waals surface area contributed by atoms with E-state index < -0.39 is 24.0 Å². The van der Waals surface area contributed by atoms with Crippen LogP contribution in [0.25, 0.3) is 0 Å². The number of amidine groups is 1. The lowest BCUT2D eigenvalue weighted by atomic mass is 9.91. The van der Waals surface area contributed by atoms with Crippen molar-refractivity contribution in [2.75, 3.05) is 19.6 Å². The fraction of sp³-hybridized carbons (Fsp3) is 0.909. The Labute approximate surface area is 104 Å². The zero-order chi connectivity index (χ0) is 13.9. The summed E-state index contributed by atoms with van der Waals surface area (Å²) in [4.78, 5) is 1.67. The molecule has 7 heteroatoms. The number of rotatable bonds is 4. The average Bonchev–Trinajstić information content (AvgIpc) is 2.24. The van der Waals surface area contributed by atoms with Gasteiger partial charge in [0.15, 0.2) is 0 Å². The van der Waals surface area contributed by atoms with Crippen molar-refractivity contribution in [2.45, 2.75) is 32.0 Å². The number of likely N-dealkylation sites (tertiary alicyclic amines) is 1. The number of nitrogens with two attached hydrogens (primary N) is 1. The first-order valence-electron chi connectivity index (χ1n) is 6.03. The summed E-state index contributed by atoms with van der Waals surface area (Å²) in [5.41, 5.74) is 5.01. The molecule has 1 aliphatic heterocycles. The molecular formula is C11H20F3N3O. The molecule has 0 aromatic rings. The minimum Gasteiger partial charge on any atom is -0.393 e. The molecule has 0 aromatic carbocycles. The van der Waals surface area contributed by atoms with Gasteiger partial charge in [0.2, 0.25) is 0 Å². The maximum Gasteiger partial charge on any atom is 0.399 e. The summed E-state index contributed by atoms with van der Waals surface area (Å²) in [6.07, 6.45) is -3.52. The van der Waals surface area contributed by atoms with Crippen molar-refractivity contribution in [3.63, 3.8) is 0 Å². The maximum atomic E-state index is 12.6. The molecule has 1 aliphatic rings. The summed E-state index contributed by atoms with van der Waals surface area (Å²) in [5, 5.41) is 16.4. The van der Waals surface area contributed by atoms with Crippen LogP contribution < -0.4 is 5.73 Å². The SMILES string of the molecule is CC(O)C1CCN(CC(C(=N)N)C(F)(F)F)CC1. The van der Waals surface area contributed by atoms with E-state index in [9.17, 15) is 18.3 Å². The summed E-state index contributed by atoms with van der Waals surface area (Å²) in [7, 11) is 0. The molecule has 0 aliphatic carbocycles. The Morgan fingerprint density at radius 2 is 1.94 bits per heavy atom. The van der Waals surface area contributed by atoms with Gasteiger partial charge in [0.25, 0.3) is 0 Å². The van der Waals surface area contributed by atoms with Crippen molar-refractivity contribution >= 4 is 5.84 Å². The second-order valence-electron chi connectivity index (χ2n) is 4.93. The number of piperidine rings is 1. The fourth-order valence-electron chi connectivity index (χ4n) is 2.25. The third kappa shape index (κ3) is 4.13. The Balaban J connectivity index is 2.51. The highest BCUT2D eigenvalue weighted by atomic mass is 19.4. The molecule has 0 aromatic heterocycles. The number of nitrogens with one attached hydrogen (secondary N) is 1. The van der Waals surface area contributed by atoms with Crippen molar-refractivity contribution in [3.05, 3.63) is 0 Å². The number of halogens is 3. The lowest BCUT2D eigenvalue weighted by Crippen LogP contribution is -2.47. The molecule has 1 rings (SSSR count). The Kier molecular flexibility index (Phi) is 4.98. The number of aliphatic hydroxyl groups excluding tert-OH is 1. The molecule has 18 heavy (non-hydrogen) atoms. The van der Waals surface area contributed by atoms with Crippen LogP contribution in [0.15, 0.2) is 0 Å². The van der Waals surface area contributed by atoms with Crippen LogP contribution in [0.2, 0.25) is 0 Å². The number of nitrogens with zero attached hydrogens (tertiary/aromatic N) is 1. The van der Waals surface area contributed by atoms with E-state index in [1.807, 2.05) is 0 Å². The second-order valence-corrected chi connectivity index (χ2v) is 4.93. The highest BCUT2D eigenvalue weighted by Gasteiger charge is 2.43. The van der Waals surface area contributed by atoms with Crippen LogP contribution >= 0.6 is 0 Å². The molecule has 0 spiro atoms. The Hall–Kier alpha value is -0.820. The topological polar surface area (TPSA) is 73.3 Å². The van der Waals surface area contributed by atoms with Crippen LogP contribution in [0, 0.1) is 17.2 Å². The van der Waals surface area contributed by atoms with Gasteiger partial charge in [0.1, 0.15) is 11.8 Å². The monoisotopic (exact) mass is 267 g/mol. The maximum absolute atomic E-state index is 12.6. The summed E-state index contributed by atoms with van der Waals surface area (Å²) in [5.74, 6) is -2.57. The number of aliphatic hydroxyl groups is 1. The molecule has 1 fully saturated rings. The molecule has 0 bridgehead atoms. The number of hydrogen-bond acceptors (Lipinski definition) is 3. The molecule has 0 radical (unpaired) electrons. The first-order chi connectivity index (χ1) is 8.21. The van der Waals surface area contributed by atoms with Crippen LogP contribution in [-0.4, -0.2) is 47.8 Å². The molecule has 2 atom stereocenters. The highest BCUT2D eigenvalue weighted by Crippen LogP contribution is 2.28. The minimum absolute atomic E-state index is 0.155. The second kappa shape index (κ2) is 5.88. The van der Waals surface area contributed by atoms with Crippen LogP contribution in [-0.2, 0) is 0 Å². The van der Waals surface area contributed by atoms with Crippen LogP contribution in [0.1, 0.15) is 19.8 Å². The Morgan fingerprint density at radius 1 is 1.44 bits per heavy atom.